The van der Waals surface area contributed by atoms with Gasteiger partial charge in [0.1, 0.15) is 0 Å². The maximum absolute atomic E-state index is 12.0. The highest BCUT2D eigenvalue weighted by Crippen LogP contribution is 2.20. The van der Waals surface area contributed by atoms with Crippen LogP contribution in [0.25, 0.3) is 0 Å². The summed E-state index contributed by atoms with van der Waals surface area (Å²) in [5.41, 5.74) is -0.291. The number of rotatable bonds is 3. The lowest BCUT2D eigenvalue weighted by molar-refractivity contribution is 0.0272. The Labute approximate surface area is 104 Å². The van der Waals surface area contributed by atoms with Gasteiger partial charge in [-0.15, -0.1) is 10.2 Å². The summed E-state index contributed by atoms with van der Waals surface area (Å²) < 4.78 is 5.39. The van der Waals surface area contributed by atoms with E-state index in [2.05, 4.69) is 20.8 Å². The molecule has 1 aromatic rings. The van der Waals surface area contributed by atoms with E-state index in [9.17, 15) is 4.79 Å². The lowest BCUT2D eigenvalue weighted by Crippen LogP contribution is -2.51. The average molecular weight is 256 g/mol. The Hall–Kier alpha value is -1.21. The molecular formula is C10H16N4O2S. The Morgan fingerprint density at radius 1 is 1.53 bits per heavy atom. The molecule has 1 unspecified atom stereocenters. The first-order valence-corrected chi connectivity index (χ1v) is 6.36. The van der Waals surface area contributed by atoms with Gasteiger partial charge in [-0.3, -0.25) is 4.79 Å². The van der Waals surface area contributed by atoms with Gasteiger partial charge in [-0.1, -0.05) is 11.3 Å². The molecule has 1 aliphatic heterocycles. The fraction of sp³-hybridized carbons (Fsp3) is 0.700. The third-order valence-electron chi connectivity index (χ3n) is 2.69. The monoisotopic (exact) mass is 256 g/mol. The van der Waals surface area contributed by atoms with Crippen molar-refractivity contribution in [1.29, 1.82) is 0 Å². The zero-order chi connectivity index (χ0) is 12.3. The second kappa shape index (κ2) is 4.97. The van der Waals surface area contributed by atoms with Crippen LogP contribution in [0.5, 0.6) is 0 Å². The van der Waals surface area contributed by atoms with Gasteiger partial charge in [-0.2, -0.15) is 0 Å². The molecule has 0 spiro atoms. The molecule has 0 aliphatic carbocycles. The van der Waals surface area contributed by atoms with E-state index in [1.165, 1.54) is 11.3 Å². The first-order chi connectivity index (χ1) is 8.13. The van der Waals surface area contributed by atoms with Crippen LogP contribution >= 0.6 is 11.3 Å². The second-order valence-corrected chi connectivity index (χ2v) is 5.31. The van der Waals surface area contributed by atoms with E-state index in [1.54, 1.807) is 7.05 Å². The Morgan fingerprint density at radius 2 is 2.35 bits per heavy atom. The molecule has 1 aromatic heterocycles. The van der Waals surface area contributed by atoms with Gasteiger partial charge in [0, 0.05) is 13.7 Å². The minimum atomic E-state index is -0.291. The van der Waals surface area contributed by atoms with Crippen molar-refractivity contribution in [2.75, 3.05) is 25.6 Å². The van der Waals surface area contributed by atoms with E-state index in [0.29, 0.717) is 16.7 Å². The van der Waals surface area contributed by atoms with Crippen molar-refractivity contribution in [3.63, 3.8) is 0 Å². The van der Waals surface area contributed by atoms with E-state index in [1.807, 2.05) is 6.92 Å². The van der Waals surface area contributed by atoms with Crippen molar-refractivity contribution in [2.24, 2.45) is 0 Å². The topological polar surface area (TPSA) is 76.1 Å². The highest BCUT2D eigenvalue weighted by Gasteiger charge is 2.30. The number of nitrogens with zero attached hydrogens (tertiary/aromatic N) is 2. The van der Waals surface area contributed by atoms with Gasteiger partial charge in [0.05, 0.1) is 12.1 Å². The van der Waals surface area contributed by atoms with Gasteiger partial charge in [-0.05, 0) is 19.8 Å². The summed E-state index contributed by atoms with van der Waals surface area (Å²) in [5.74, 6) is -0.183. The molecular weight excluding hydrogens is 240 g/mol. The van der Waals surface area contributed by atoms with Crippen LogP contribution < -0.4 is 10.6 Å². The Bertz CT molecular complexity index is 401. The number of nitrogens with one attached hydrogen (secondary N) is 2. The predicted octanol–water partition coefficient (Wildman–Crippen LogP) is 0.879. The van der Waals surface area contributed by atoms with Gasteiger partial charge in [0.25, 0.3) is 5.91 Å². The number of hydrogen-bond acceptors (Lipinski definition) is 6. The summed E-state index contributed by atoms with van der Waals surface area (Å²) >= 11 is 1.24. The summed E-state index contributed by atoms with van der Waals surface area (Å²) in [6.07, 6.45) is 1.89. The van der Waals surface area contributed by atoms with Gasteiger partial charge in [-0.25, -0.2) is 0 Å². The van der Waals surface area contributed by atoms with Crippen molar-refractivity contribution < 1.29 is 9.53 Å². The number of aromatic nitrogens is 2. The Morgan fingerprint density at radius 3 is 2.94 bits per heavy atom. The van der Waals surface area contributed by atoms with Crippen molar-refractivity contribution >= 4 is 22.4 Å². The number of anilines is 1. The SMILES string of the molecule is CNc1nnc(C(=O)NC2(C)CCCOC2)s1. The Kier molecular flexibility index (Phi) is 3.58. The van der Waals surface area contributed by atoms with E-state index in [0.717, 1.165) is 19.4 Å². The zero-order valence-electron chi connectivity index (χ0n) is 9.95. The van der Waals surface area contributed by atoms with Crippen molar-refractivity contribution in [3.05, 3.63) is 5.01 Å². The van der Waals surface area contributed by atoms with Crippen molar-refractivity contribution in [2.45, 2.75) is 25.3 Å². The lowest BCUT2D eigenvalue weighted by atomic mass is 9.95. The minimum absolute atomic E-state index is 0.183. The van der Waals surface area contributed by atoms with Crippen LogP contribution in [0.1, 0.15) is 29.6 Å². The third kappa shape index (κ3) is 2.92. The van der Waals surface area contributed by atoms with Crippen molar-refractivity contribution in [1.82, 2.24) is 15.5 Å². The van der Waals surface area contributed by atoms with Crippen LogP contribution in [0.15, 0.2) is 0 Å². The van der Waals surface area contributed by atoms with Crippen LogP contribution in [-0.4, -0.2) is 41.9 Å². The zero-order valence-corrected chi connectivity index (χ0v) is 10.8. The predicted molar refractivity (Wildman–Crippen MR) is 65.4 cm³/mol. The van der Waals surface area contributed by atoms with Gasteiger partial charge in [0.2, 0.25) is 10.1 Å². The first kappa shape index (κ1) is 12.3. The molecule has 2 heterocycles. The minimum Gasteiger partial charge on any atom is -0.379 e. The number of carbonyl (C=O) groups excluding carboxylic acids is 1. The molecule has 1 atom stereocenters. The molecule has 1 amide bonds. The molecule has 1 aliphatic rings. The maximum Gasteiger partial charge on any atom is 0.282 e. The van der Waals surface area contributed by atoms with E-state index >= 15 is 0 Å². The highest BCUT2D eigenvalue weighted by atomic mass is 32.1. The average Bonchev–Trinajstić information content (AvgIpc) is 2.78. The molecule has 17 heavy (non-hydrogen) atoms. The Balaban J connectivity index is 2.00. The summed E-state index contributed by atoms with van der Waals surface area (Å²) in [7, 11) is 1.75. The van der Waals surface area contributed by atoms with Crippen LogP contribution in [0, 0.1) is 0 Å². The number of hydrogen-bond donors (Lipinski definition) is 2. The summed E-state index contributed by atoms with van der Waals surface area (Å²) in [4.78, 5) is 12.0. The molecule has 2 N–H and O–H groups in total. The van der Waals surface area contributed by atoms with Gasteiger partial charge in [0.15, 0.2) is 0 Å². The van der Waals surface area contributed by atoms with Crippen LogP contribution in [0.3, 0.4) is 0 Å². The first-order valence-electron chi connectivity index (χ1n) is 5.54. The number of amides is 1. The second-order valence-electron chi connectivity index (χ2n) is 4.33. The van der Waals surface area contributed by atoms with E-state index in [4.69, 9.17) is 4.74 Å². The molecule has 2 rings (SSSR count). The van der Waals surface area contributed by atoms with Crippen LogP contribution in [0.2, 0.25) is 0 Å². The molecule has 0 bridgehead atoms. The fourth-order valence-electron chi connectivity index (χ4n) is 1.78. The normalized spacial score (nSPS) is 24.4. The van der Waals surface area contributed by atoms with Gasteiger partial charge >= 0.3 is 0 Å². The lowest BCUT2D eigenvalue weighted by Gasteiger charge is -2.33. The van der Waals surface area contributed by atoms with Crippen LogP contribution in [0.4, 0.5) is 5.13 Å². The molecule has 0 aromatic carbocycles. The summed E-state index contributed by atoms with van der Waals surface area (Å²) in [6.45, 7) is 3.31. The van der Waals surface area contributed by atoms with E-state index < -0.39 is 0 Å². The standard InChI is InChI=1S/C10H16N4O2S/c1-10(4-3-5-16-6-10)12-7(15)8-13-14-9(11-2)17-8/h3-6H2,1-2H3,(H,11,14)(H,12,15). The molecule has 1 saturated heterocycles. The number of ether oxygens (including phenoxy) is 1. The fourth-order valence-corrected chi connectivity index (χ4v) is 2.37. The highest BCUT2D eigenvalue weighted by molar-refractivity contribution is 7.17. The molecule has 0 radical (unpaired) electrons. The molecule has 1 fully saturated rings. The quantitative estimate of drug-likeness (QED) is 0.839. The summed E-state index contributed by atoms with van der Waals surface area (Å²) in [6, 6.07) is 0. The molecule has 94 valence electrons. The third-order valence-corrected chi connectivity index (χ3v) is 3.63. The molecule has 7 heteroatoms. The summed E-state index contributed by atoms with van der Waals surface area (Å²) in [5, 5.41) is 14.5. The van der Waals surface area contributed by atoms with Crippen molar-refractivity contribution in [3.8, 4) is 0 Å². The largest absolute Gasteiger partial charge is 0.379 e. The molecule has 0 saturated carbocycles. The smallest absolute Gasteiger partial charge is 0.282 e. The van der Waals surface area contributed by atoms with E-state index in [-0.39, 0.29) is 11.4 Å². The number of carbonyl (C=O) groups is 1. The van der Waals surface area contributed by atoms with Gasteiger partial charge < -0.3 is 15.4 Å². The molecule has 6 nitrogen and oxygen atoms in total. The maximum atomic E-state index is 12.0. The van der Waals surface area contributed by atoms with Crippen LogP contribution in [-0.2, 0) is 4.74 Å².